The van der Waals surface area contributed by atoms with Crippen LogP contribution in [-0.2, 0) is 4.74 Å². The van der Waals surface area contributed by atoms with E-state index in [0.717, 1.165) is 10.3 Å². The molecule has 0 N–H and O–H groups in total. The summed E-state index contributed by atoms with van der Waals surface area (Å²) in [5, 5.41) is 8.06. The van der Waals surface area contributed by atoms with Crippen LogP contribution in [0.25, 0.3) is 0 Å². The summed E-state index contributed by atoms with van der Waals surface area (Å²) in [7, 11) is 1.59. The van der Waals surface area contributed by atoms with E-state index in [1.807, 2.05) is 6.07 Å². The number of aromatic nitrogens is 2. The van der Waals surface area contributed by atoms with Gasteiger partial charge in [0.15, 0.2) is 0 Å². The predicted molar refractivity (Wildman–Crippen MR) is 121 cm³/mol. The second kappa shape index (κ2) is 15.2. The fourth-order valence-corrected chi connectivity index (χ4v) is 17.8. The monoisotopic (exact) mass is 499 g/mol. The molecule has 0 spiro atoms. The Labute approximate surface area is 176 Å². The van der Waals surface area contributed by atoms with Crippen molar-refractivity contribution in [3.63, 3.8) is 0 Å². The molecule has 0 aliphatic carbocycles. The molecule has 0 aliphatic heterocycles. The summed E-state index contributed by atoms with van der Waals surface area (Å²) in [5.41, 5.74) is 0.745. The van der Waals surface area contributed by atoms with Crippen LogP contribution in [0.2, 0.25) is 13.3 Å². The van der Waals surface area contributed by atoms with E-state index in [9.17, 15) is 0 Å². The van der Waals surface area contributed by atoms with Gasteiger partial charge in [-0.15, -0.1) is 0 Å². The number of hydrogen-bond acceptors (Lipinski definition) is 5. The molecule has 1 atom stereocenters. The van der Waals surface area contributed by atoms with E-state index in [-0.39, 0.29) is 6.04 Å². The first-order valence-electron chi connectivity index (χ1n) is 11.1. The van der Waals surface area contributed by atoms with E-state index in [1.165, 1.54) is 51.8 Å². The van der Waals surface area contributed by atoms with E-state index < -0.39 is 18.4 Å². The van der Waals surface area contributed by atoms with Gasteiger partial charge in [-0.05, 0) is 0 Å². The zero-order valence-corrected chi connectivity index (χ0v) is 21.6. The molecule has 0 radical (unpaired) electrons. The van der Waals surface area contributed by atoms with E-state index in [2.05, 4.69) is 42.9 Å². The van der Waals surface area contributed by atoms with Gasteiger partial charge in [0.1, 0.15) is 0 Å². The standard InChI is InChI=1S/C10H14N3O2.3C4H9.Sn/c1-8(7-14-2)11-6-9-4-5-10(15-3)13-12-9;3*1-3-4-2;/h4-6,8H,2,7H2,1,3H3;3*1,3-4H2,2H3;. The molecule has 1 aromatic heterocycles. The molecule has 0 aliphatic rings. The molecular formula is C22H41N3O2Sn. The summed E-state index contributed by atoms with van der Waals surface area (Å²) in [4.78, 5) is 4.59. The van der Waals surface area contributed by atoms with Crippen LogP contribution >= 0.6 is 0 Å². The summed E-state index contributed by atoms with van der Waals surface area (Å²) in [6.07, 6.45) is 9.86. The average molecular weight is 498 g/mol. The molecule has 0 bridgehead atoms. The van der Waals surface area contributed by atoms with Gasteiger partial charge in [-0.3, -0.25) is 0 Å². The van der Waals surface area contributed by atoms with Gasteiger partial charge < -0.3 is 0 Å². The van der Waals surface area contributed by atoms with Crippen LogP contribution in [-0.4, -0.2) is 59.2 Å². The summed E-state index contributed by atoms with van der Waals surface area (Å²) < 4.78 is 16.9. The molecule has 28 heavy (non-hydrogen) atoms. The third-order valence-corrected chi connectivity index (χ3v) is 19.7. The predicted octanol–water partition coefficient (Wildman–Crippen LogP) is 5.70. The molecule has 1 unspecified atom stereocenters. The Morgan fingerprint density at radius 2 is 1.61 bits per heavy atom. The van der Waals surface area contributed by atoms with Crippen LogP contribution in [0.5, 0.6) is 5.88 Å². The van der Waals surface area contributed by atoms with E-state index >= 15 is 0 Å². The Morgan fingerprint density at radius 3 is 2.07 bits per heavy atom. The minimum absolute atomic E-state index is 0.136. The van der Waals surface area contributed by atoms with Gasteiger partial charge in [0.05, 0.1) is 0 Å². The molecule has 0 saturated carbocycles. The van der Waals surface area contributed by atoms with Crippen molar-refractivity contribution < 1.29 is 9.47 Å². The van der Waals surface area contributed by atoms with Crippen molar-refractivity contribution in [3.05, 3.63) is 17.8 Å². The molecule has 0 fully saturated rings. The van der Waals surface area contributed by atoms with Crippen molar-refractivity contribution in [1.29, 1.82) is 0 Å². The Kier molecular flexibility index (Phi) is 13.7. The number of aliphatic imine (C=N–C) groups is 1. The summed E-state index contributed by atoms with van der Waals surface area (Å²) >= 11 is -2.19. The summed E-state index contributed by atoms with van der Waals surface area (Å²) in [5.74, 6) is 0.517. The number of methoxy groups -OCH3 is 1. The van der Waals surface area contributed by atoms with E-state index in [4.69, 9.17) is 9.47 Å². The molecule has 160 valence electrons. The van der Waals surface area contributed by atoms with Gasteiger partial charge >= 0.3 is 177 Å². The number of ether oxygens (including phenoxy) is 2. The molecule has 0 aromatic carbocycles. The van der Waals surface area contributed by atoms with Crippen LogP contribution in [0.3, 0.4) is 0 Å². The van der Waals surface area contributed by atoms with Crippen molar-refractivity contribution in [1.82, 2.24) is 10.2 Å². The topological polar surface area (TPSA) is 56.6 Å². The van der Waals surface area contributed by atoms with Crippen LogP contribution in [0.4, 0.5) is 0 Å². The van der Waals surface area contributed by atoms with Gasteiger partial charge in [-0.2, -0.15) is 0 Å². The first-order chi connectivity index (χ1) is 13.6. The molecule has 5 nitrogen and oxygen atoms in total. The molecular weight excluding hydrogens is 457 g/mol. The fourth-order valence-electron chi connectivity index (χ4n) is 3.45. The van der Waals surface area contributed by atoms with Gasteiger partial charge in [0, 0.05) is 0 Å². The number of unbranched alkanes of at least 4 members (excludes halogenated alkanes) is 3. The van der Waals surface area contributed by atoms with Crippen molar-refractivity contribution in [2.45, 2.75) is 85.6 Å². The normalized spacial score (nSPS) is 13.2. The quantitative estimate of drug-likeness (QED) is 0.217. The molecule has 6 heteroatoms. The first-order valence-corrected chi connectivity index (χ1v) is 19.1. The van der Waals surface area contributed by atoms with Crippen LogP contribution in [0, 0.1) is 0 Å². The number of rotatable bonds is 16. The second-order valence-corrected chi connectivity index (χ2v) is 21.6. The molecule has 1 aromatic rings. The third kappa shape index (κ3) is 10.2. The second-order valence-electron chi connectivity index (χ2n) is 7.95. The van der Waals surface area contributed by atoms with Crippen LogP contribution < -0.4 is 4.74 Å². The summed E-state index contributed by atoms with van der Waals surface area (Å²) in [6.45, 7) is 9.75. The average Bonchev–Trinajstić information content (AvgIpc) is 2.73. The van der Waals surface area contributed by atoms with Crippen LogP contribution in [0.15, 0.2) is 17.1 Å². The van der Waals surface area contributed by atoms with Gasteiger partial charge in [0.2, 0.25) is 0 Å². The van der Waals surface area contributed by atoms with E-state index in [0.29, 0.717) is 12.5 Å². The number of nitrogens with zero attached hydrogens (tertiary/aromatic N) is 3. The fraction of sp³-hybridized carbons (Fsp3) is 0.773. The van der Waals surface area contributed by atoms with Crippen molar-refractivity contribution in [2.75, 3.05) is 18.3 Å². The molecule has 1 rings (SSSR count). The SMILES string of the molecule is CCC[CH2][Sn]([CH2]CCC)([CH2]CCC)[CH2]OCC(C)N=Cc1ccc(OC)nn1. The third-order valence-electron chi connectivity index (χ3n) is 5.28. The minimum atomic E-state index is -2.19. The maximum atomic E-state index is 6.30. The Hall–Kier alpha value is -0.691. The van der Waals surface area contributed by atoms with Gasteiger partial charge in [0.25, 0.3) is 0 Å². The van der Waals surface area contributed by atoms with Gasteiger partial charge in [-0.1, -0.05) is 0 Å². The van der Waals surface area contributed by atoms with Gasteiger partial charge in [-0.25, -0.2) is 0 Å². The van der Waals surface area contributed by atoms with Crippen molar-refractivity contribution >= 4 is 24.6 Å². The van der Waals surface area contributed by atoms with Crippen LogP contribution in [0.1, 0.15) is 71.9 Å². The number of hydrogen-bond donors (Lipinski definition) is 0. The molecule has 1 heterocycles. The Morgan fingerprint density at radius 1 is 1.00 bits per heavy atom. The zero-order chi connectivity index (χ0) is 20.7. The van der Waals surface area contributed by atoms with Crippen molar-refractivity contribution in [2.24, 2.45) is 4.99 Å². The first kappa shape index (κ1) is 25.3. The zero-order valence-electron chi connectivity index (χ0n) is 18.7. The summed E-state index contributed by atoms with van der Waals surface area (Å²) in [6, 6.07) is 3.80. The molecule has 0 saturated heterocycles. The maximum absolute atomic E-state index is 6.30. The molecule has 0 amide bonds. The van der Waals surface area contributed by atoms with E-state index in [1.54, 1.807) is 19.4 Å². The Bertz CT molecular complexity index is 515. The Balaban J connectivity index is 2.57. The van der Waals surface area contributed by atoms with Crippen molar-refractivity contribution in [3.8, 4) is 5.88 Å².